The normalized spacial score (nSPS) is 17.4. The number of benzene rings is 1. The molecule has 0 atom stereocenters. The van der Waals surface area contributed by atoms with Gasteiger partial charge in [0, 0.05) is 67.5 Å². The first-order chi connectivity index (χ1) is 20.0. The Bertz CT molecular complexity index is 1370. The van der Waals surface area contributed by atoms with Crippen molar-refractivity contribution >= 4 is 35.1 Å². The fourth-order valence-electron chi connectivity index (χ4n) is 5.12. The molecule has 2 saturated heterocycles. The van der Waals surface area contributed by atoms with Crippen LogP contribution in [0.3, 0.4) is 0 Å². The zero-order valence-electron chi connectivity index (χ0n) is 24.1. The highest BCUT2D eigenvalue weighted by Crippen LogP contribution is 2.31. The summed E-state index contributed by atoms with van der Waals surface area (Å²) in [5, 5.41) is 10.4. The summed E-state index contributed by atoms with van der Waals surface area (Å²) in [4.78, 5) is 32.1. The number of carboxylic acids is 1. The number of piperidine rings is 1. The SMILES string of the molecule is CN1CCN(c2ncc(Oc3cc(CN4CCC(OC(C)(C)C(=O)O)CC4)cc(-c4cc(Cl)cc(Cl)c4)n3)cn2)CC1. The summed E-state index contributed by atoms with van der Waals surface area (Å²) in [5.74, 6) is 0.635. The first kappa shape index (κ1) is 30.4. The number of aromatic nitrogens is 3. The van der Waals surface area contributed by atoms with Crippen molar-refractivity contribution in [3.05, 3.63) is 58.3 Å². The van der Waals surface area contributed by atoms with Crippen LogP contribution >= 0.6 is 23.2 Å². The van der Waals surface area contributed by atoms with Gasteiger partial charge in [-0.15, -0.1) is 0 Å². The molecule has 1 N–H and O–H groups in total. The first-order valence-corrected chi connectivity index (χ1v) is 14.8. The van der Waals surface area contributed by atoms with Crippen LogP contribution in [-0.2, 0) is 16.1 Å². The second kappa shape index (κ2) is 13.1. The minimum absolute atomic E-state index is 0.0957. The van der Waals surface area contributed by atoms with E-state index in [1.165, 1.54) is 0 Å². The molecule has 12 heteroatoms. The maximum Gasteiger partial charge on any atom is 0.335 e. The highest BCUT2D eigenvalue weighted by Gasteiger charge is 2.33. The number of likely N-dealkylation sites (tertiary alicyclic amines) is 1. The molecule has 42 heavy (non-hydrogen) atoms. The summed E-state index contributed by atoms with van der Waals surface area (Å²) >= 11 is 12.6. The van der Waals surface area contributed by atoms with Crippen LogP contribution in [0.1, 0.15) is 32.3 Å². The fraction of sp³-hybridized carbons (Fsp3) is 0.467. The van der Waals surface area contributed by atoms with E-state index in [0.29, 0.717) is 39.9 Å². The predicted molar refractivity (Wildman–Crippen MR) is 163 cm³/mol. The molecule has 0 unspecified atom stereocenters. The van der Waals surface area contributed by atoms with E-state index in [2.05, 4.69) is 31.7 Å². The molecule has 0 bridgehead atoms. The lowest BCUT2D eigenvalue weighted by Gasteiger charge is -2.35. The van der Waals surface area contributed by atoms with E-state index in [0.717, 1.165) is 63.2 Å². The number of ether oxygens (including phenoxy) is 2. The Morgan fingerprint density at radius 3 is 2.24 bits per heavy atom. The number of hydrogen-bond acceptors (Lipinski definition) is 9. The van der Waals surface area contributed by atoms with Crippen LogP contribution in [0, 0.1) is 0 Å². The summed E-state index contributed by atoms with van der Waals surface area (Å²) < 4.78 is 12.0. The summed E-state index contributed by atoms with van der Waals surface area (Å²) in [6.45, 7) is 9.10. The molecule has 0 aliphatic carbocycles. The van der Waals surface area contributed by atoms with Gasteiger partial charge in [-0.25, -0.2) is 19.7 Å². The fourth-order valence-corrected chi connectivity index (χ4v) is 5.64. The molecule has 2 fully saturated rings. The van der Waals surface area contributed by atoms with Gasteiger partial charge in [0.25, 0.3) is 0 Å². The molecule has 3 aromatic rings. The summed E-state index contributed by atoms with van der Waals surface area (Å²) in [5.41, 5.74) is 1.27. The maximum absolute atomic E-state index is 11.5. The van der Waals surface area contributed by atoms with Crippen LogP contribution < -0.4 is 9.64 Å². The molecule has 0 spiro atoms. The number of aliphatic carboxylic acids is 1. The number of rotatable bonds is 9. The van der Waals surface area contributed by atoms with Gasteiger partial charge in [0.1, 0.15) is 0 Å². The van der Waals surface area contributed by atoms with E-state index in [1.807, 2.05) is 24.3 Å². The van der Waals surface area contributed by atoms with Gasteiger partial charge in [0.05, 0.1) is 24.2 Å². The first-order valence-electron chi connectivity index (χ1n) is 14.1. The van der Waals surface area contributed by atoms with E-state index in [9.17, 15) is 9.90 Å². The van der Waals surface area contributed by atoms with E-state index in [4.69, 9.17) is 37.7 Å². The van der Waals surface area contributed by atoms with Gasteiger partial charge in [-0.1, -0.05) is 23.2 Å². The minimum Gasteiger partial charge on any atom is -0.479 e. The Morgan fingerprint density at radius 1 is 0.976 bits per heavy atom. The van der Waals surface area contributed by atoms with Gasteiger partial charge in [0.2, 0.25) is 11.8 Å². The third kappa shape index (κ3) is 7.87. The van der Waals surface area contributed by atoms with Crippen LogP contribution in [0.15, 0.2) is 42.7 Å². The Kier molecular flexibility index (Phi) is 9.49. The second-order valence-electron chi connectivity index (χ2n) is 11.4. The van der Waals surface area contributed by atoms with Crippen molar-refractivity contribution in [3.63, 3.8) is 0 Å². The van der Waals surface area contributed by atoms with Gasteiger partial charge in [-0.3, -0.25) is 4.90 Å². The molecule has 4 heterocycles. The van der Waals surface area contributed by atoms with Gasteiger partial charge in [-0.05, 0) is 63.6 Å². The topological polar surface area (TPSA) is 104 Å². The number of hydrogen-bond donors (Lipinski definition) is 1. The molecule has 2 aliphatic heterocycles. The minimum atomic E-state index is -1.20. The molecule has 10 nitrogen and oxygen atoms in total. The lowest BCUT2D eigenvalue weighted by molar-refractivity contribution is -0.171. The predicted octanol–water partition coefficient (Wildman–Crippen LogP) is 5.23. The van der Waals surface area contributed by atoms with E-state index in [-0.39, 0.29) is 6.10 Å². The van der Waals surface area contributed by atoms with Crippen molar-refractivity contribution in [2.75, 3.05) is 51.2 Å². The molecule has 1 aromatic carbocycles. The number of piperazine rings is 1. The monoisotopic (exact) mass is 614 g/mol. The van der Waals surface area contributed by atoms with Crippen LogP contribution in [0.25, 0.3) is 11.3 Å². The van der Waals surface area contributed by atoms with Gasteiger partial charge in [-0.2, -0.15) is 0 Å². The molecule has 5 rings (SSSR count). The Hall–Kier alpha value is -3.02. The Morgan fingerprint density at radius 2 is 1.62 bits per heavy atom. The lowest BCUT2D eigenvalue weighted by atomic mass is 10.0. The van der Waals surface area contributed by atoms with Crippen molar-refractivity contribution in [3.8, 4) is 22.9 Å². The molecule has 2 aliphatic rings. The Labute approximate surface area is 256 Å². The van der Waals surface area contributed by atoms with Crippen LogP contribution in [0.4, 0.5) is 5.95 Å². The molecule has 0 radical (unpaired) electrons. The average molecular weight is 616 g/mol. The molecular formula is C30H36Cl2N6O4. The van der Waals surface area contributed by atoms with Crippen LogP contribution in [-0.4, -0.2) is 93.8 Å². The van der Waals surface area contributed by atoms with E-state index >= 15 is 0 Å². The van der Waals surface area contributed by atoms with Crippen molar-refractivity contribution in [2.45, 2.75) is 44.9 Å². The van der Waals surface area contributed by atoms with Crippen molar-refractivity contribution in [1.29, 1.82) is 0 Å². The number of nitrogens with zero attached hydrogens (tertiary/aromatic N) is 6. The zero-order chi connectivity index (χ0) is 29.9. The number of likely N-dealkylation sites (N-methyl/N-ethyl adjacent to an activating group) is 1. The number of carboxylic acid groups (broad SMARTS) is 1. The smallest absolute Gasteiger partial charge is 0.335 e. The molecule has 2 aromatic heterocycles. The van der Waals surface area contributed by atoms with Crippen molar-refractivity contribution < 1.29 is 19.4 Å². The van der Waals surface area contributed by atoms with Crippen molar-refractivity contribution in [2.24, 2.45) is 0 Å². The number of carbonyl (C=O) groups is 1. The summed E-state index contributed by atoms with van der Waals surface area (Å²) in [7, 11) is 2.11. The summed E-state index contributed by atoms with van der Waals surface area (Å²) in [6, 6.07) is 9.26. The number of halogens is 2. The third-order valence-corrected chi connectivity index (χ3v) is 8.00. The largest absolute Gasteiger partial charge is 0.479 e. The highest BCUT2D eigenvalue weighted by molar-refractivity contribution is 6.35. The Balaban J connectivity index is 1.32. The van der Waals surface area contributed by atoms with E-state index in [1.54, 1.807) is 32.3 Å². The van der Waals surface area contributed by atoms with Crippen molar-refractivity contribution in [1.82, 2.24) is 24.8 Å². The van der Waals surface area contributed by atoms with Gasteiger partial charge >= 0.3 is 5.97 Å². The molecule has 0 amide bonds. The standard InChI is InChI=1S/C30H36Cl2N6O4/c1-30(2,28(39)40)42-24-4-6-37(7-5-24)19-20-12-26(21-14-22(31)16-23(32)15-21)35-27(13-20)41-25-17-33-29(34-18-25)38-10-8-36(3)9-11-38/h12-18,24H,4-11,19H2,1-3H3,(H,39,40). The number of anilines is 1. The lowest BCUT2D eigenvalue weighted by Crippen LogP contribution is -2.45. The zero-order valence-corrected chi connectivity index (χ0v) is 25.6. The molecule has 224 valence electrons. The maximum atomic E-state index is 11.5. The van der Waals surface area contributed by atoms with E-state index < -0.39 is 11.6 Å². The average Bonchev–Trinajstić information content (AvgIpc) is 2.94. The number of pyridine rings is 1. The van der Waals surface area contributed by atoms with Gasteiger partial charge in [0.15, 0.2) is 11.4 Å². The third-order valence-electron chi connectivity index (χ3n) is 7.56. The molecular weight excluding hydrogens is 579 g/mol. The van der Waals surface area contributed by atoms with Crippen LogP contribution in [0.2, 0.25) is 10.0 Å². The molecule has 0 saturated carbocycles. The highest BCUT2D eigenvalue weighted by atomic mass is 35.5. The summed E-state index contributed by atoms with van der Waals surface area (Å²) in [6.07, 6.45) is 4.75. The quantitative estimate of drug-likeness (QED) is 0.344. The van der Waals surface area contributed by atoms with Gasteiger partial charge < -0.3 is 24.4 Å². The van der Waals surface area contributed by atoms with Crippen LogP contribution in [0.5, 0.6) is 11.6 Å². The second-order valence-corrected chi connectivity index (χ2v) is 12.2.